The van der Waals surface area contributed by atoms with Crippen molar-refractivity contribution in [2.75, 3.05) is 47.1 Å². The van der Waals surface area contributed by atoms with Gasteiger partial charge in [0.25, 0.3) is 0 Å². The van der Waals surface area contributed by atoms with Crippen molar-refractivity contribution in [3.63, 3.8) is 0 Å². The van der Waals surface area contributed by atoms with E-state index in [1.807, 2.05) is 6.07 Å². The molecular weight excluding hydrogens is 458 g/mol. The van der Waals surface area contributed by atoms with E-state index in [9.17, 15) is 9.59 Å². The first-order valence-corrected chi connectivity index (χ1v) is 12.5. The molecular formula is C28H35N3O5. The van der Waals surface area contributed by atoms with Crippen LogP contribution in [0.15, 0.2) is 42.6 Å². The van der Waals surface area contributed by atoms with E-state index in [1.165, 1.54) is 12.7 Å². The quantitative estimate of drug-likeness (QED) is 0.429. The zero-order valence-corrected chi connectivity index (χ0v) is 21.3. The van der Waals surface area contributed by atoms with Gasteiger partial charge in [0, 0.05) is 48.2 Å². The average Bonchev–Trinajstić information content (AvgIpc) is 3.34. The fourth-order valence-corrected chi connectivity index (χ4v) is 4.84. The molecule has 1 aliphatic rings. The van der Waals surface area contributed by atoms with Crippen LogP contribution in [0.4, 0.5) is 4.79 Å². The second kappa shape index (κ2) is 11.9. The van der Waals surface area contributed by atoms with E-state index >= 15 is 0 Å². The molecule has 1 saturated heterocycles. The normalized spacial score (nSPS) is 14.5. The number of carbonyl (C=O) groups is 2. The van der Waals surface area contributed by atoms with E-state index < -0.39 is 0 Å². The summed E-state index contributed by atoms with van der Waals surface area (Å²) in [6, 6.07) is 11.9. The monoisotopic (exact) mass is 493 g/mol. The number of esters is 1. The summed E-state index contributed by atoms with van der Waals surface area (Å²) >= 11 is 0. The summed E-state index contributed by atoms with van der Waals surface area (Å²) in [6.45, 7) is 5.19. The lowest BCUT2D eigenvalue weighted by Gasteiger charge is -2.26. The van der Waals surface area contributed by atoms with Gasteiger partial charge in [-0.05, 0) is 48.2 Å². The third kappa shape index (κ3) is 5.65. The number of hydrogen-bond acceptors (Lipinski definition) is 5. The highest BCUT2D eigenvalue weighted by Gasteiger charge is 2.23. The van der Waals surface area contributed by atoms with E-state index in [4.69, 9.17) is 14.2 Å². The number of amides is 2. The number of morpholine rings is 1. The molecule has 4 rings (SSSR count). The highest BCUT2D eigenvalue weighted by Crippen LogP contribution is 2.39. The zero-order chi connectivity index (χ0) is 25.5. The number of aromatic nitrogens is 1. The summed E-state index contributed by atoms with van der Waals surface area (Å²) in [4.78, 5) is 29.6. The molecule has 0 radical (unpaired) electrons. The van der Waals surface area contributed by atoms with Crippen molar-refractivity contribution < 1.29 is 23.8 Å². The van der Waals surface area contributed by atoms with Gasteiger partial charge < -0.3 is 29.4 Å². The maximum atomic E-state index is 12.4. The number of rotatable bonds is 9. The lowest BCUT2D eigenvalue weighted by atomic mass is 9.86. The van der Waals surface area contributed by atoms with E-state index in [0.29, 0.717) is 44.2 Å². The van der Waals surface area contributed by atoms with Gasteiger partial charge in [0.05, 0.1) is 33.0 Å². The van der Waals surface area contributed by atoms with Gasteiger partial charge in [0.2, 0.25) is 0 Å². The standard InChI is InChI=1S/C28H35N3O5/c1-4-5-21(22-8-7-20(27(32)35-3)17-26(22)34-2)24-18-30-25-9-6-19(16-23(24)25)10-11-29-28(33)31-12-14-36-15-13-31/h6-9,16-18,21,30H,4-5,10-15H2,1-3H3,(H,29,33). The highest BCUT2D eigenvalue weighted by atomic mass is 16.5. The molecule has 2 amide bonds. The van der Waals surface area contributed by atoms with Gasteiger partial charge in [-0.2, -0.15) is 0 Å². The number of H-pyrrole nitrogens is 1. The first-order valence-electron chi connectivity index (χ1n) is 12.5. The Hall–Kier alpha value is -3.52. The third-order valence-electron chi connectivity index (χ3n) is 6.75. The topological polar surface area (TPSA) is 92.9 Å². The molecule has 2 heterocycles. The molecule has 2 aromatic carbocycles. The SMILES string of the molecule is CCCC(c1ccc(C(=O)OC)cc1OC)c1c[nH]c2ccc(CCNC(=O)N3CCOCC3)cc12. The van der Waals surface area contributed by atoms with Crippen LogP contribution in [0.25, 0.3) is 10.9 Å². The molecule has 1 unspecified atom stereocenters. The minimum absolute atomic E-state index is 0.0350. The predicted octanol–water partition coefficient (Wildman–Crippen LogP) is 4.48. The van der Waals surface area contributed by atoms with E-state index in [-0.39, 0.29) is 17.9 Å². The zero-order valence-electron chi connectivity index (χ0n) is 21.3. The van der Waals surface area contributed by atoms with Crippen LogP contribution in [0.3, 0.4) is 0 Å². The number of ether oxygens (including phenoxy) is 3. The number of aromatic amines is 1. The highest BCUT2D eigenvalue weighted by molar-refractivity contribution is 5.90. The van der Waals surface area contributed by atoms with Crippen molar-refractivity contribution >= 4 is 22.9 Å². The van der Waals surface area contributed by atoms with Crippen LogP contribution in [0.2, 0.25) is 0 Å². The summed E-state index contributed by atoms with van der Waals surface area (Å²) in [5.74, 6) is 0.388. The number of carbonyl (C=O) groups excluding carboxylic acids is 2. The Morgan fingerprint density at radius 2 is 1.92 bits per heavy atom. The van der Waals surface area contributed by atoms with Crippen LogP contribution in [-0.4, -0.2) is 69.0 Å². The maximum absolute atomic E-state index is 12.4. The third-order valence-corrected chi connectivity index (χ3v) is 6.75. The molecule has 8 nitrogen and oxygen atoms in total. The van der Waals surface area contributed by atoms with Crippen molar-refractivity contribution in [3.05, 3.63) is 64.8 Å². The van der Waals surface area contributed by atoms with Gasteiger partial charge in [-0.1, -0.05) is 25.5 Å². The number of fused-ring (bicyclic) bond motifs is 1. The Bertz CT molecular complexity index is 1200. The summed E-state index contributed by atoms with van der Waals surface area (Å²) in [5, 5.41) is 4.19. The van der Waals surface area contributed by atoms with Gasteiger partial charge in [-0.15, -0.1) is 0 Å². The predicted molar refractivity (Wildman–Crippen MR) is 139 cm³/mol. The largest absolute Gasteiger partial charge is 0.496 e. The molecule has 1 atom stereocenters. The molecule has 0 saturated carbocycles. The van der Waals surface area contributed by atoms with Crippen LogP contribution < -0.4 is 10.1 Å². The van der Waals surface area contributed by atoms with Crippen LogP contribution in [0, 0.1) is 0 Å². The first-order chi connectivity index (χ1) is 17.5. The number of benzene rings is 2. The Morgan fingerprint density at radius 3 is 2.64 bits per heavy atom. The Balaban J connectivity index is 1.56. The van der Waals surface area contributed by atoms with Crippen molar-refractivity contribution in [1.82, 2.24) is 15.2 Å². The molecule has 1 fully saturated rings. The molecule has 1 aromatic heterocycles. The van der Waals surface area contributed by atoms with E-state index in [0.717, 1.165) is 41.3 Å². The van der Waals surface area contributed by atoms with Crippen molar-refractivity contribution in [2.45, 2.75) is 32.1 Å². The van der Waals surface area contributed by atoms with Gasteiger partial charge in [0.15, 0.2) is 0 Å². The van der Waals surface area contributed by atoms with Crippen LogP contribution >= 0.6 is 0 Å². The molecule has 192 valence electrons. The molecule has 2 N–H and O–H groups in total. The first kappa shape index (κ1) is 25.6. The summed E-state index contributed by atoms with van der Waals surface area (Å²) in [6.07, 6.45) is 4.74. The molecule has 0 spiro atoms. The number of methoxy groups -OCH3 is 2. The van der Waals surface area contributed by atoms with Gasteiger partial charge >= 0.3 is 12.0 Å². The Kier molecular flexibility index (Phi) is 8.48. The number of urea groups is 1. The maximum Gasteiger partial charge on any atom is 0.337 e. The number of nitrogens with one attached hydrogen (secondary N) is 2. The van der Waals surface area contributed by atoms with E-state index in [1.54, 1.807) is 24.1 Å². The number of nitrogens with zero attached hydrogens (tertiary/aromatic N) is 1. The van der Waals surface area contributed by atoms with Gasteiger partial charge in [-0.25, -0.2) is 9.59 Å². The summed E-state index contributed by atoms with van der Waals surface area (Å²) < 4.78 is 15.9. The fraction of sp³-hybridized carbons (Fsp3) is 0.429. The molecule has 0 bridgehead atoms. The van der Waals surface area contributed by atoms with Gasteiger partial charge in [-0.3, -0.25) is 0 Å². The second-order valence-corrected chi connectivity index (χ2v) is 8.99. The summed E-state index contributed by atoms with van der Waals surface area (Å²) in [5.41, 5.74) is 4.92. The van der Waals surface area contributed by atoms with Crippen molar-refractivity contribution in [1.29, 1.82) is 0 Å². The molecule has 8 heteroatoms. The number of hydrogen-bond donors (Lipinski definition) is 2. The Morgan fingerprint density at radius 1 is 1.11 bits per heavy atom. The molecule has 3 aromatic rings. The second-order valence-electron chi connectivity index (χ2n) is 8.99. The Labute approximate surface area is 211 Å². The fourth-order valence-electron chi connectivity index (χ4n) is 4.84. The molecule has 1 aliphatic heterocycles. The van der Waals surface area contributed by atoms with Crippen LogP contribution in [0.5, 0.6) is 5.75 Å². The molecule has 36 heavy (non-hydrogen) atoms. The average molecular weight is 494 g/mol. The lowest BCUT2D eigenvalue weighted by molar-refractivity contribution is 0.0533. The minimum Gasteiger partial charge on any atom is -0.496 e. The lowest BCUT2D eigenvalue weighted by Crippen LogP contribution is -2.46. The summed E-state index contributed by atoms with van der Waals surface area (Å²) in [7, 11) is 3.00. The van der Waals surface area contributed by atoms with Crippen LogP contribution in [0.1, 0.15) is 52.7 Å². The van der Waals surface area contributed by atoms with Crippen molar-refractivity contribution in [2.24, 2.45) is 0 Å². The van der Waals surface area contributed by atoms with E-state index in [2.05, 4.69) is 41.6 Å². The smallest absolute Gasteiger partial charge is 0.337 e. The molecule has 0 aliphatic carbocycles. The minimum atomic E-state index is -0.385. The van der Waals surface area contributed by atoms with Crippen molar-refractivity contribution in [3.8, 4) is 5.75 Å². The van der Waals surface area contributed by atoms with Gasteiger partial charge in [0.1, 0.15) is 5.75 Å². The van der Waals surface area contributed by atoms with Crippen LogP contribution in [-0.2, 0) is 15.9 Å².